The molecule has 0 amide bonds. The van der Waals surface area contributed by atoms with E-state index in [0.29, 0.717) is 12.5 Å². The Labute approximate surface area is 181 Å². The van der Waals surface area contributed by atoms with Crippen LogP contribution in [-0.4, -0.2) is 62.4 Å². The third-order valence-corrected chi connectivity index (χ3v) is 6.36. The summed E-state index contributed by atoms with van der Waals surface area (Å²) in [7, 11) is 0. The number of anilines is 1. The minimum atomic E-state index is -0.0686. The molecule has 8 heteroatoms. The second-order valence-corrected chi connectivity index (χ2v) is 8.27. The molecule has 2 aliphatic rings. The summed E-state index contributed by atoms with van der Waals surface area (Å²) in [5, 5.41) is 4.55. The molecule has 1 aliphatic carbocycles. The van der Waals surface area contributed by atoms with E-state index >= 15 is 0 Å². The normalized spacial score (nSPS) is 17.5. The summed E-state index contributed by atoms with van der Waals surface area (Å²) in [4.78, 5) is 30.0. The second-order valence-electron chi connectivity index (χ2n) is 8.27. The van der Waals surface area contributed by atoms with Crippen LogP contribution in [0.1, 0.15) is 30.9 Å². The Morgan fingerprint density at radius 2 is 1.74 bits per heavy atom. The third kappa shape index (κ3) is 4.49. The number of hydrogen-bond donors (Lipinski definition) is 0. The molecule has 1 saturated heterocycles. The Kier molecular flexibility index (Phi) is 5.71. The van der Waals surface area contributed by atoms with Gasteiger partial charge < -0.3 is 4.90 Å². The molecule has 31 heavy (non-hydrogen) atoms. The molecule has 4 heterocycles. The van der Waals surface area contributed by atoms with Gasteiger partial charge in [-0.1, -0.05) is 6.42 Å². The summed E-state index contributed by atoms with van der Waals surface area (Å²) < 4.78 is 1.57. The Balaban J connectivity index is 1.18. The first-order chi connectivity index (χ1) is 15.3. The first-order valence-electron chi connectivity index (χ1n) is 11.0. The van der Waals surface area contributed by atoms with Crippen LogP contribution in [0.4, 0.5) is 5.82 Å². The molecule has 160 valence electrons. The van der Waals surface area contributed by atoms with Gasteiger partial charge in [-0.15, -0.1) is 0 Å². The maximum Gasteiger partial charge on any atom is 0.266 e. The Morgan fingerprint density at radius 1 is 0.935 bits per heavy atom. The van der Waals surface area contributed by atoms with Crippen molar-refractivity contribution in [3.63, 3.8) is 0 Å². The fraction of sp³-hybridized carbons (Fsp3) is 0.435. The molecule has 5 rings (SSSR count). The van der Waals surface area contributed by atoms with Gasteiger partial charge in [0, 0.05) is 74.4 Å². The molecule has 8 nitrogen and oxygen atoms in total. The molecule has 0 radical (unpaired) electrons. The fourth-order valence-corrected chi connectivity index (χ4v) is 4.18. The van der Waals surface area contributed by atoms with Gasteiger partial charge in [0.05, 0.1) is 12.2 Å². The molecule has 1 saturated carbocycles. The standard InChI is InChI=1S/C23H27N7O/c31-23-5-4-20(19-6-8-24-9-7-19)27-30(23)15-12-28-10-13-29(14-11-28)22-16-21(25-17-26-22)18-2-1-3-18/h4-9,16-18H,1-3,10-15H2. The summed E-state index contributed by atoms with van der Waals surface area (Å²) in [6.45, 7) is 5.14. The zero-order valence-electron chi connectivity index (χ0n) is 17.6. The van der Waals surface area contributed by atoms with E-state index in [-0.39, 0.29) is 5.56 Å². The average molecular weight is 418 g/mol. The fourth-order valence-electron chi connectivity index (χ4n) is 4.18. The number of pyridine rings is 1. The predicted molar refractivity (Wildman–Crippen MR) is 119 cm³/mol. The number of rotatable bonds is 6. The molecule has 0 bridgehead atoms. The first kappa shape index (κ1) is 19.8. The lowest BCUT2D eigenvalue weighted by molar-refractivity contribution is 0.242. The van der Waals surface area contributed by atoms with Crippen molar-refractivity contribution < 1.29 is 0 Å². The highest BCUT2D eigenvalue weighted by Crippen LogP contribution is 2.35. The van der Waals surface area contributed by atoms with E-state index in [4.69, 9.17) is 0 Å². The van der Waals surface area contributed by atoms with Crippen molar-refractivity contribution in [2.24, 2.45) is 0 Å². The highest BCUT2D eigenvalue weighted by molar-refractivity contribution is 5.57. The number of aromatic nitrogens is 5. The van der Waals surface area contributed by atoms with Crippen LogP contribution >= 0.6 is 0 Å². The number of hydrogen-bond acceptors (Lipinski definition) is 7. The van der Waals surface area contributed by atoms with Gasteiger partial charge in [-0.2, -0.15) is 5.10 Å². The Bertz CT molecular complexity index is 1070. The Hall–Kier alpha value is -3.13. The van der Waals surface area contributed by atoms with Crippen molar-refractivity contribution in [1.29, 1.82) is 0 Å². The monoisotopic (exact) mass is 417 g/mol. The van der Waals surface area contributed by atoms with E-state index in [2.05, 4.69) is 35.9 Å². The molecule has 2 fully saturated rings. The van der Waals surface area contributed by atoms with Gasteiger partial charge in [-0.05, 0) is 31.0 Å². The van der Waals surface area contributed by atoms with Gasteiger partial charge in [0.25, 0.3) is 5.56 Å². The molecular formula is C23H27N7O. The quantitative estimate of drug-likeness (QED) is 0.608. The molecule has 3 aromatic rings. The van der Waals surface area contributed by atoms with Crippen LogP contribution in [-0.2, 0) is 6.54 Å². The lowest BCUT2D eigenvalue weighted by Crippen LogP contribution is -2.48. The maximum absolute atomic E-state index is 12.3. The van der Waals surface area contributed by atoms with Crippen LogP contribution in [0, 0.1) is 0 Å². The van der Waals surface area contributed by atoms with Crippen LogP contribution in [0.5, 0.6) is 0 Å². The van der Waals surface area contributed by atoms with Crippen LogP contribution in [0.2, 0.25) is 0 Å². The minimum absolute atomic E-state index is 0.0686. The van der Waals surface area contributed by atoms with E-state index in [9.17, 15) is 4.79 Å². The van der Waals surface area contributed by atoms with Crippen LogP contribution in [0.25, 0.3) is 11.3 Å². The Morgan fingerprint density at radius 3 is 2.48 bits per heavy atom. The summed E-state index contributed by atoms with van der Waals surface area (Å²) >= 11 is 0. The van der Waals surface area contributed by atoms with Gasteiger partial charge in [0.15, 0.2) is 0 Å². The van der Waals surface area contributed by atoms with Gasteiger partial charge in [-0.25, -0.2) is 14.6 Å². The van der Waals surface area contributed by atoms with Gasteiger partial charge in [-0.3, -0.25) is 14.7 Å². The lowest BCUT2D eigenvalue weighted by Gasteiger charge is -2.35. The van der Waals surface area contributed by atoms with Crippen molar-refractivity contribution in [1.82, 2.24) is 29.6 Å². The van der Waals surface area contributed by atoms with E-state index in [1.165, 1.54) is 25.0 Å². The zero-order chi connectivity index (χ0) is 21.0. The largest absolute Gasteiger partial charge is 0.354 e. The molecule has 3 aromatic heterocycles. The lowest BCUT2D eigenvalue weighted by atomic mass is 9.83. The summed E-state index contributed by atoms with van der Waals surface area (Å²) in [6, 6.07) is 9.34. The number of piperazine rings is 1. The first-order valence-corrected chi connectivity index (χ1v) is 11.0. The van der Waals surface area contributed by atoms with Crippen LogP contribution in [0.15, 0.2) is 53.8 Å². The highest BCUT2D eigenvalue weighted by atomic mass is 16.1. The van der Waals surface area contributed by atoms with E-state index in [1.807, 2.05) is 12.1 Å². The summed E-state index contributed by atoms with van der Waals surface area (Å²) in [6.07, 6.45) is 8.99. The van der Waals surface area contributed by atoms with Crippen molar-refractivity contribution in [2.75, 3.05) is 37.6 Å². The van der Waals surface area contributed by atoms with E-state index in [0.717, 1.165) is 49.8 Å². The molecule has 1 aliphatic heterocycles. The van der Waals surface area contributed by atoms with Crippen LogP contribution in [0.3, 0.4) is 0 Å². The van der Waals surface area contributed by atoms with Gasteiger partial charge >= 0.3 is 0 Å². The smallest absolute Gasteiger partial charge is 0.266 e. The van der Waals surface area contributed by atoms with Gasteiger partial charge in [0.2, 0.25) is 0 Å². The van der Waals surface area contributed by atoms with Crippen molar-refractivity contribution >= 4 is 5.82 Å². The number of nitrogens with zero attached hydrogens (tertiary/aromatic N) is 7. The molecule has 0 atom stereocenters. The SMILES string of the molecule is O=c1ccc(-c2ccncc2)nn1CCN1CCN(c2cc(C3CCC3)ncn2)CC1. The second kappa shape index (κ2) is 8.93. The maximum atomic E-state index is 12.3. The molecular weight excluding hydrogens is 390 g/mol. The summed E-state index contributed by atoms with van der Waals surface area (Å²) in [5.74, 6) is 1.66. The third-order valence-electron chi connectivity index (χ3n) is 6.36. The topological polar surface area (TPSA) is 80.0 Å². The van der Waals surface area contributed by atoms with Crippen molar-refractivity contribution in [3.05, 3.63) is 65.1 Å². The summed E-state index contributed by atoms with van der Waals surface area (Å²) in [5.41, 5.74) is 2.88. The van der Waals surface area contributed by atoms with Crippen LogP contribution < -0.4 is 10.5 Å². The van der Waals surface area contributed by atoms with Gasteiger partial charge in [0.1, 0.15) is 12.1 Å². The van der Waals surface area contributed by atoms with E-state index in [1.54, 1.807) is 35.5 Å². The highest BCUT2D eigenvalue weighted by Gasteiger charge is 2.23. The van der Waals surface area contributed by atoms with Crippen molar-refractivity contribution in [2.45, 2.75) is 31.7 Å². The minimum Gasteiger partial charge on any atom is -0.354 e. The van der Waals surface area contributed by atoms with E-state index < -0.39 is 0 Å². The average Bonchev–Trinajstić information content (AvgIpc) is 2.79. The molecule has 0 N–H and O–H groups in total. The molecule has 0 spiro atoms. The van der Waals surface area contributed by atoms with Crippen molar-refractivity contribution in [3.8, 4) is 11.3 Å². The zero-order valence-corrected chi connectivity index (χ0v) is 17.6. The predicted octanol–water partition coefficient (Wildman–Crippen LogP) is 2.19. The molecule has 0 unspecified atom stereocenters. The molecule has 0 aromatic carbocycles.